The minimum atomic E-state index is -3.88. The van der Waals surface area contributed by atoms with Crippen LogP contribution in [0.2, 0.25) is 0 Å². The SMILES string of the molecule is NS(=O)(=O)CC1CCCN1S(=O)(=O)c1ccc(C(=O)O)cc1. The highest BCUT2D eigenvalue weighted by molar-refractivity contribution is 7.90. The monoisotopic (exact) mass is 348 g/mol. The Morgan fingerprint density at radius 2 is 1.82 bits per heavy atom. The van der Waals surface area contributed by atoms with E-state index in [1.54, 1.807) is 0 Å². The number of hydrogen-bond acceptors (Lipinski definition) is 5. The van der Waals surface area contributed by atoms with Gasteiger partial charge in [-0.25, -0.2) is 26.8 Å². The van der Waals surface area contributed by atoms with Gasteiger partial charge in [0.1, 0.15) is 0 Å². The van der Waals surface area contributed by atoms with Crippen LogP contribution < -0.4 is 5.14 Å². The van der Waals surface area contributed by atoms with Crippen LogP contribution in [0.5, 0.6) is 0 Å². The summed E-state index contributed by atoms with van der Waals surface area (Å²) in [6.45, 7) is 0.212. The highest BCUT2D eigenvalue weighted by Gasteiger charge is 2.37. The van der Waals surface area contributed by atoms with Crippen LogP contribution in [-0.4, -0.2) is 50.6 Å². The van der Waals surface area contributed by atoms with E-state index in [1.807, 2.05) is 0 Å². The number of sulfonamides is 2. The predicted octanol–water partition coefficient (Wildman–Crippen LogP) is -0.174. The Morgan fingerprint density at radius 1 is 1.23 bits per heavy atom. The summed E-state index contributed by atoms with van der Waals surface area (Å²) in [5.41, 5.74) is -0.0264. The molecule has 1 aliphatic rings. The highest BCUT2D eigenvalue weighted by atomic mass is 32.2. The third-order valence-electron chi connectivity index (χ3n) is 3.46. The zero-order valence-corrected chi connectivity index (χ0v) is 13.2. The largest absolute Gasteiger partial charge is 0.478 e. The van der Waals surface area contributed by atoms with Gasteiger partial charge in [-0.2, -0.15) is 4.31 Å². The van der Waals surface area contributed by atoms with Gasteiger partial charge < -0.3 is 5.11 Å². The van der Waals surface area contributed by atoms with E-state index in [-0.39, 0.29) is 17.0 Å². The van der Waals surface area contributed by atoms with Crippen molar-refractivity contribution in [1.29, 1.82) is 0 Å². The summed E-state index contributed by atoms with van der Waals surface area (Å²) >= 11 is 0. The van der Waals surface area contributed by atoms with E-state index in [2.05, 4.69) is 0 Å². The molecule has 10 heteroatoms. The number of carboxylic acids is 1. The molecule has 1 aromatic carbocycles. The van der Waals surface area contributed by atoms with Crippen molar-refractivity contribution in [3.05, 3.63) is 29.8 Å². The van der Waals surface area contributed by atoms with Crippen molar-refractivity contribution in [2.45, 2.75) is 23.8 Å². The lowest BCUT2D eigenvalue weighted by Gasteiger charge is -2.23. The van der Waals surface area contributed by atoms with Crippen molar-refractivity contribution in [2.75, 3.05) is 12.3 Å². The molecule has 0 aliphatic carbocycles. The van der Waals surface area contributed by atoms with E-state index in [9.17, 15) is 21.6 Å². The van der Waals surface area contributed by atoms with Crippen LogP contribution in [0.4, 0.5) is 0 Å². The summed E-state index contributed by atoms with van der Waals surface area (Å²) in [4.78, 5) is 10.7. The van der Waals surface area contributed by atoms with Gasteiger partial charge in [0.2, 0.25) is 20.0 Å². The van der Waals surface area contributed by atoms with Gasteiger partial charge in [0.25, 0.3) is 0 Å². The molecule has 1 unspecified atom stereocenters. The number of rotatable bonds is 5. The smallest absolute Gasteiger partial charge is 0.335 e. The summed E-state index contributed by atoms with van der Waals surface area (Å²) < 4.78 is 48.6. The summed E-state index contributed by atoms with van der Waals surface area (Å²) in [6.07, 6.45) is 0.968. The van der Waals surface area contributed by atoms with Gasteiger partial charge >= 0.3 is 5.97 Å². The Kier molecular flexibility index (Phi) is 4.57. The number of nitrogens with zero attached hydrogens (tertiary/aromatic N) is 1. The summed E-state index contributed by atoms with van der Waals surface area (Å²) in [5, 5.41) is 13.8. The van der Waals surface area contributed by atoms with Crippen LogP contribution in [0.3, 0.4) is 0 Å². The molecule has 1 saturated heterocycles. The molecular formula is C12H16N2O6S2. The Balaban J connectivity index is 2.30. The lowest BCUT2D eigenvalue weighted by atomic mass is 10.2. The van der Waals surface area contributed by atoms with Crippen LogP contribution >= 0.6 is 0 Å². The molecule has 3 N–H and O–H groups in total. The maximum Gasteiger partial charge on any atom is 0.335 e. The average molecular weight is 348 g/mol. The zero-order valence-electron chi connectivity index (χ0n) is 11.5. The van der Waals surface area contributed by atoms with Crippen LogP contribution in [0.25, 0.3) is 0 Å². The molecule has 1 atom stereocenters. The van der Waals surface area contributed by atoms with Crippen LogP contribution in [-0.2, 0) is 20.0 Å². The molecule has 0 radical (unpaired) electrons. The maximum atomic E-state index is 12.6. The van der Waals surface area contributed by atoms with E-state index in [0.717, 1.165) is 4.31 Å². The molecular weight excluding hydrogens is 332 g/mol. The minimum Gasteiger partial charge on any atom is -0.478 e. The molecule has 22 heavy (non-hydrogen) atoms. The van der Waals surface area contributed by atoms with Crippen molar-refractivity contribution in [2.24, 2.45) is 5.14 Å². The molecule has 0 aromatic heterocycles. The van der Waals surface area contributed by atoms with E-state index >= 15 is 0 Å². The number of nitrogens with two attached hydrogens (primary N) is 1. The number of primary sulfonamides is 1. The molecule has 1 heterocycles. The summed E-state index contributed by atoms with van der Waals surface area (Å²) in [7, 11) is -7.67. The lowest BCUT2D eigenvalue weighted by Crippen LogP contribution is -2.41. The van der Waals surface area contributed by atoms with Gasteiger partial charge in [0, 0.05) is 12.6 Å². The second kappa shape index (κ2) is 5.95. The Bertz CT molecular complexity index is 770. The van der Waals surface area contributed by atoms with Crippen LogP contribution in [0.1, 0.15) is 23.2 Å². The molecule has 1 fully saturated rings. The maximum absolute atomic E-state index is 12.6. The van der Waals surface area contributed by atoms with Crippen molar-refractivity contribution >= 4 is 26.0 Å². The fraction of sp³-hybridized carbons (Fsp3) is 0.417. The topological polar surface area (TPSA) is 135 Å². The predicted molar refractivity (Wildman–Crippen MR) is 78.3 cm³/mol. The van der Waals surface area contributed by atoms with Gasteiger partial charge in [-0.15, -0.1) is 0 Å². The van der Waals surface area contributed by atoms with Gasteiger partial charge in [-0.3, -0.25) is 0 Å². The lowest BCUT2D eigenvalue weighted by molar-refractivity contribution is 0.0696. The standard InChI is InChI=1S/C12H16N2O6S2/c13-21(17,18)8-10-2-1-7-14(10)22(19,20)11-5-3-9(4-6-11)12(15)16/h3-6,10H,1-2,7-8H2,(H,15,16)(H2,13,17,18). The van der Waals surface area contributed by atoms with Gasteiger partial charge in [-0.1, -0.05) is 0 Å². The molecule has 0 spiro atoms. The quantitative estimate of drug-likeness (QED) is 0.758. The Hall–Kier alpha value is -1.49. The van der Waals surface area contributed by atoms with E-state index in [4.69, 9.17) is 10.2 Å². The molecule has 0 bridgehead atoms. The van der Waals surface area contributed by atoms with E-state index in [1.165, 1.54) is 24.3 Å². The van der Waals surface area contributed by atoms with Crippen molar-refractivity contribution in [1.82, 2.24) is 4.31 Å². The van der Waals surface area contributed by atoms with E-state index in [0.29, 0.717) is 12.8 Å². The number of carboxylic acid groups (broad SMARTS) is 1. The van der Waals surface area contributed by atoms with Crippen LogP contribution in [0, 0.1) is 0 Å². The number of hydrogen-bond donors (Lipinski definition) is 2. The third-order valence-corrected chi connectivity index (χ3v) is 6.27. The molecule has 0 amide bonds. The molecule has 2 rings (SSSR count). The number of aromatic carboxylic acids is 1. The second-order valence-corrected chi connectivity index (χ2v) is 8.62. The first-order valence-electron chi connectivity index (χ1n) is 6.47. The molecule has 8 nitrogen and oxygen atoms in total. The molecule has 1 aromatic rings. The molecule has 1 aliphatic heterocycles. The zero-order chi connectivity index (χ0) is 16.5. The molecule has 0 saturated carbocycles. The normalized spacial score (nSPS) is 20.1. The summed E-state index contributed by atoms with van der Waals surface area (Å²) in [5.74, 6) is -1.59. The van der Waals surface area contributed by atoms with Gasteiger partial charge in [0.15, 0.2) is 0 Å². The first-order chi connectivity index (χ1) is 10.1. The minimum absolute atomic E-state index is 0.0264. The van der Waals surface area contributed by atoms with Crippen molar-refractivity contribution < 1.29 is 26.7 Å². The molecule has 122 valence electrons. The van der Waals surface area contributed by atoms with Gasteiger partial charge in [0.05, 0.1) is 16.2 Å². The fourth-order valence-corrected chi connectivity index (χ4v) is 5.14. The average Bonchev–Trinajstić information content (AvgIpc) is 2.85. The third kappa shape index (κ3) is 3.64. The highest BCUT2D eigenvalue weighted by Crippen LogP contribution is 2.26. The van der Waals surface area contributed by atoms with Gasteiger partial charge in [-0.05, 0) is 37.1 Å². The first-order valence-corrected chi connectivity index (χ1v) is 9.62. The van der Waals surface area contributed by atoms with E-state index < -0.39 is 37.8 Å². The number of carbonyl (C=O) groups is 1. The summed E-state index contributed by atoms with van der Waals surface area (Å²) in [6, 6.07) is 4.09. The second-order valence-electron chi connectivity index (χ2n) is 5.07. The van der Waals surface area contributed by atoms with Crippen molar-refractivity contribution in [3.8, 4) is 0 Å². The first kappa shape index (κ1) is 16.9. The van der Waals surface area contributed by atoms with Crippen LogP contribution in [0.15, 0.2) is 29.2 Å². The van der Waals surface area contributed by atoms with Crippen molar-refractivity contribution in [3.63, 3.8) is 0 Å². The Labute approximate surface area is 128 Å². The Morgan fingerprint density at radius 3 is 2.32 bits per heavy atom. The number of benzene rings is 1. The fourth-order valence-electron chi connectivity index (χ4n) is 2.47.